The number of carbonyl (C=O) groups excluding carboxylic acids is 1. The lowest BCUT2D eigenvalue weighted by atomic mass is 10.1. The smallest absolute Gasteiger partial charge is 0.377 e. The van der Waals surface area contributed by atoms with Crippen LogP contribution in [0.1, 0.15) is 36.3 Å². The number of halogens is 3. The van der Waals surface area contributed by atoms with Gasteiger partial charge in [0.05, 0.1) is 30.3 Å². The molecule has 11 nitrogen and oxygen atoms in total. The first-order valence-electron chi connectivity index (χ1n) is 12.8. The van der Waals surface area contributed by atoms with Crippen molar-refractivity contribution in [3.8, 4) is 0 Å². The van der Waals surface area contributed by atoms with Gasteiger partial charge in [-0.1, -0.05) is 13.0 Å². The number of fused-ring (bicyclic) bond motifs is 1. The molecule has 1 fully saturated rings. The molecule has 0 radical (unpaired) electrons. The monoisotopic (exact) mass is 546 g/mol. The summed E-state index contributed by atoms with van der Waals surface area (Å²) in [5.41, 5.74) is 0.808. The van der Waals surface area contributed by atoms with Crippen LogP contribution in [-0.4, -0.2) is 69.4 Å². The molecule has 0 aromatic carbocycles. The molecule has 0 spiro atoms. The molecule has 1 amide bonds. The third-order valence-electron chi connectivity index (χ3n) is 6.80. The van der Waals surface area contributed by atoms with Crippen molar-refractivity contribution >= 4 is 28.6 Å². The maximum absolute atomic E-state index is 13.7. The Morgan fingerprint density at radius 2 is 1.97 bits per heavy atom. The van der Waals surface area contributed by atoms with Gasteiger partial charge in [0.15, 0.2) is 5.82 Å². The standard InChI is InChI=1S/C25H29F3N8O3/c1-3-18-21(34-10-8-29-9-11-34)23(38)36-24(32-22(33-36)16-6-12-39-13-7-16)35(18)14-20(37)31-17-4-5-19(25(26,27)28)30-15(17)2/h4-6,29H,3,7-14H2,1-2H3,(H,31,37). The summed E-state index contributed by atoms with van der Waals surface area (Å²) in [4.78, 5) is 37.2. The van der Waals surface area contributed by atoms with Gasteiger partial charge in [-0.15, -0.1) is 5.10 Å². The predicted octanol–water partition coefficient (Wildman–Crippen LogP) is 2.03. The topological polar surface area (TPSA) is 119 Å². The third kappa shape index (κ3) is 5.39. The molecule has 0 bridgehead atoms. The first-order chi connectivity index (χ1) is 18.7. The van der Waals surface area contributed by atoms with Crippen LogP contribution in [0.3, 0.4) is 0 Å². The Morgan fingerprint density at radius 3 is 2.62 bits per heavy atom. The normalized spacial score (nSPS) is 16.4. The van der Waals surface area contributed by atoms with E-state index in [0.717, 1.165) is 11.6 Å². The number of nitrogens with zero attached hydrogens (tertiary/aromatic N) is 6. The second-order valence-corrected chi connectivity index (χ2v) is 9.35. The molecule has 1 saturated heterocycles. The molecule has 2 aliphatic rings. The summed E-state index contributed by atoms with van der Waals surface area (Å²) in [6, 6.07) is 2.01. The number of piperazine rings is 1. The van der Waals surface area contributed by atoms with Crippen LogP contribution in [0.25, 0.3) is 11.4 Å². The molecule has 0 aliphatic carbocycles. The molecular formula is C25H29F3N8O3. The zero-order valence-electron chi connectivity index (χ0n) is 21.6. The van der Waals surface area contributed by atoms with Crippen LogP contribution in [0.4, 0.5) is 24.5 Å². The summed E-state index contributed by atoms with van der Waals surface area (Å²) in [5, 5.41) is 10.5. The molecule has 0 atom stereocenters. The highest BCUT2D eigenvalue weighted by Crippen LogP contribution is 2.29. The number of carbonyl (C=O) groups is 1. The van der Waals surface area contributed by atoms with Crippen LogP contribution in [0.5, 0.6) is 0 Å². The number of hydrogen-bond acceptors (Lipinski definition) is 8. The van der Waals surface area contributed by atoms with Gasteiger partial charge < -0.3 is 24.8 Å². The van der Waals surface area contributed by atoms with Gasteiger partial charge in [-0.25, -0.2) is 4.98 Å². The van der Waals surface area contributed by atoms with Crippen molar-refractivity contribution in [1.29, 1.82) is 0 Å². The molecule has 5 rings (SSSR count). The van der Waals surface area contributed by atoms with Crippen LogP contribution < -0.4 is 21.1 Å². The molecule has 2 aliphatic heterocycles. The van der Waals surface area contributed by atoms with E-state index in [1.165, 1.54) is 17.5 Å². The summed E-state index contributed by atoms with van der Waals surface area (Å²) in [5.74, 6) is 0.114. The van der Waals surface area contributed by atoms with E-state index in [4.69, 9.17) is 4.74 Å². The molecule has 14 heteroatoms. The van der Waals surface area contributed by atoms with E-state index in [-0.39, 0.29) is 29.3 Å². The lowest BCUT2D eigenvalue weighted by Crippen LogP contribution is -2.47. The number of anilines is 2. The Kier molecular flexibility index (Phi) is 7.40. The van der Waals surface area contributed by atoms with Crippen molar-refractivity contribution in [1.82, 2.24) is 29.5 Å². The summed E-state index contributed by atoms with van der Waals surface area (Å²) in [7, 11) is 0. The fourth-order valence-electron chi connectivity index (χ4n) is 4.87. The molecule has 2 N–H and O–H groups in total. The Labute approximate surface area is 221 Å². The lowest BCUT2D eigenvalue weighted by Gasteiger charge is -2.31. The van der Waals surface area contributed by atoms with Crippen LogP contribution in [0.15, 0.2) is 23.0 Å². The van der Waals surface area contributed by atoms with E-state index in [0.29, 0.717) is 69.4 Å². The number of alkyl halides is 3. The van der Waals surface area contributed by atoms with Crippen LogP contribution in [-0.2, 0) is 28.7 Å². The number of rotatable bonds is 6. The minimum absolute atomic E-state index is 0.0386. The van der Waals surface area contributed by atoms with Crippen LogP contribution >= 0.6 is 0 Å². The Balaban J connectivity index is 1.56. The maximum Gasteiger partial charge on any atom is 0.433 e. The molecule has 3 aromatic heterocycles. The Bertz CT molecular complexity index is 1490. The van der Waals surface area contributed by atoms with Crippen molar-refractivity contribution < 1.29 is 22.7 Å². The van der Waals surface area contributed by atoms with Gasteiger partial charge in [0.25, 0.3) is 5.56 Å². The van der Waals surface area contributed by atoms with Gasteiger partial charge in [0, 0.05) is 26.2 Å². The Morgan fingerprint density at radius 1 is 1.21 bits per heavy atom. The van der Waals surface area contributed by atoms with E-state index >= 15 is 0 Å². The molecule has 5 heterocycles. The number of aromatic nitrogens is 5. The molecule has 0 saturated carbocycles. The maximum atomic E-state index is 13.7. The van der Waals surface area contributed by atoms with Gasteiger partial charge >= 0.3 is 6.18 Å². The van der Waals surface area contributed by atoms with Crippen molar-refractivity contribution in [2.45, 2.75) is 39.4 Å². The first-order valence-corrected chi connectivity index (χ1v) is 12.8. The van der Waals surface area contributed by atoms with E-state index in [9.17, 15) is 22.8 Å². The minimum Gasteiger partial charge on any atom is -0.377 e. The van der Waals surface area contributed by atoms with Gasteiger partial charge in [-0.2, -0.15) is 22.7 Å². The van der Waals surface area contributed by atoms with E-state index in [2.05, 4.69) is 25.7 Å². The predicted molar refractivity (Wildman–Crippen MR) is 138 cm³/mol. The van der Waals surface area contributed by atoms with E-state index in [1.807, 2.05) is 17.9 Å². The number of ether oxygens (including phenoxy) is 1. The van der Waals surface area contributed by atoms with Crippen molar-refractivity contribution in [2.75, 3.05) is 49.6 Å². The highest BCUT2D eigenvalue weighted by Gasteiger charge is 2.33. The summed E-state index contributed by atoms with van der Waals surface area (Å²) in [6.45, 7) is 6.63. The molecule has 39 heavy (non-hydrogen) atoms. The zero-order chi connectivity index (χ0) is 27.7. The van der Waals surface area contributed by atoms with Gasteiger partial charge in [-0.3, -0.25) is 9.59 Å². The fourth-order valence-corrected chi connectivity index (χ4v) is 4.87. The van der Waals surface area contributed by atoms with Crippen LogP contribution in [0, 0.1) is 6.92 Å². The largest absolute Gasteiger partial charge is 0.433 e. The summed E-state index contributed by atoms with van der Waals surface area (Å²) in [6.07, 6.45) is -1.68. The number of nitrogens with one attached hydrogen (secondary N) is 2. The van der Waals surface area contributed by atoms with Crippen molar-refractivity contribution in [2.24, 2.45) is 0 Å². The number of hydrogen-bond donors (Lipinski definition) is 2. The van der Waals surface area contributed by atoms with E-state index < -0.39 is 17.8 Å². The van der Waals surface area contributed by atoms with E-state index in [1.54, 1.807) is 4.57 Å². The quantitative estimate of drug-likeness (QED) is 0.482. The fraction of sp³-hybridized carbons (Fsp3) is 0.480. The number of amides is 1. The average molecular weight is 547 g/mol. The summed E-state index contributed by atoms with van der Waals surface area (Å²) < 4.78 is 47.4. The molecule has 3 aromatic rings. The van der Waals surface area contributed by atoms with Gasteiger partial charge in [-0.05, 0) is 37.5 Å². The molecular weight excluding hydrogens is 517 g/mol. The SMILES string of the molecule is CCc1c(N2CCNCC2)c(=O)n2nc(C3=CCOCC3)nc2n1CC(=O)Nc1ccc(C(F)(F)F)nc1C. The van der Waals surface area contributed by atoms with Crippen LogP contribution in [0.2, 0.25) is 0 Å². The lowest BCUT2D eigenvalue weighted by molar-refractivity contribution is -0.141. The highest BCUT2D eigenvalue weighted by atomic mass is 19.4. The average Bonchev–Trinajstić information content (AvgIpc) is 3.38. The molecule has 0 unspecified atom stereocenters. The minimum atomic E-state index is -4.59. The van der Waals surface area contributed by atoms with Crippen molar-refractivity contribution in [3.63, 3.8) is 0 Å². The second-order valence-electron chi connectivity index (χ2n) is 9.35. The third-order valence-corrected chi connectivity index (χ3v) is 6.80. The second kappa shape index (κ2) is 10.8. The highest BCUT2D eigenvalue weighted by molar-refractivity contribution is 5.91. The Hall–Kier alpha value is -3.78. The molecule has 208 valence electrons. The number of pyridine rings is 1. The number of aryl methyl sites for hydroxylation is 1. The van der Waals surface area contributed by atoms with Gasteiger partial charge in [0.2, 0.25) is 11.7 Å². The zero-order valence-corrected chi connectivity index (χ0v) is 21.6. The summed E-state index contributed by atoms with van der Waals surface area (Å²) >= 11 is 0. The van der Waals surface area contributed by atoms with Gasteiger partial charge in [0.1, 0.15) is 17.9 Å². The first kappa shape index (κ1) is 26.8. The van der Waals surface area contributed by atoms with Crippen molar-refractivity contribution in [3.05, 3.63) is 51.5 Å².